The van der Waals surface area contributed by atoms with Crippen molar-refractivity contribution in [3.8, 4) is 11.8 Å². The molecule has 1 N–H and O–H groups in total. The second-order valence-electron chi connectivity index (χ2n) is 3.77. The molecular weight excluding hydrogens is 228 g/mol. The van der Waals surface area contributed by atoms with Crippen LogP contribution in [0.15, 0.2) is 42.5 Å². The van der Waals surface area contributed by atoms with Crippen molar-refractivity contribution in [1.29, 1.82) is 0 Å². The zero-order chi connectivity index (χ0) is 13.0. The lowest BCUT2D eigenvalue weighted by Gasteiger charge is -2.05. The Labute approximate surface area is 105 Å². The minimum atomic E-state index is -0.992. The second-order valence-corrected chi connectivity index (χ2v) is 3.77. The van der Waals surface area contributed by atoms with E-state index in [4.69, 9.17) is 0 Å². The van der Waals surface area contributed by atoms with E-state index in [1.54, 1.807) is 6.07 Å². The Bertz CT molecular complexity index is 635. The van der Waals surface area contributed by atoms with Crippen molar-refractivity contribution in [3.05, 3.63) is 48.0 Å². The summed E-state index contributed by atoms with van der Waals surface area (Å²) in [7, 11) is 1.25. The van der Waals surface area contributed by atoms with Crippen LogP contribution in [-0.2, 0) is 9.53 Å². The molecule has 3 heteroatoms. The predicted molar refractivity (Wildman–Crippen MR) is 68.7 cm³/mol. The summed E-state index contributed by atoms with van der Waals surface area (Å²) in [6.45, 7) is 0. The van der Waals surface area contributed by atoms with Crippen LogP contribution in [0.1, 0.15) is 11.7 Å². The number of aliphatic hydroxyl groups excluding tert-OH is 1. The van der Waals surface area contributed by atoms with Gasteiger partial charge in [-0.25, -0.2) is 4.79 Å². The van der Waals surface area contributed by atoms with E-state index in [0.29, 0.717) is 5.56 Å². The standard InChI is InChI=1S/C15H12O3/c1-18-15(17)9-8-14(16)13-7-6-11-4-2-3-5-12(11)10-13/h2-7,10,14,16H,1H3. The predicted octanol–water partition coefficient (Wildman–Crippen LogP) is 2.05. The number of methoxy groups -OCH3 is 1. The quantitative estimate of drug-likeness (QED) is 0.471. The minimum absolute atomic E-state index is 0.658. The Morgan fingerprint density at radius 3 is 2.67 bits per heavy atom. The number of ether oxygens (including phenoxy) is 1. The lowest BCUT2D eigenvalue weighted by Crippen LogP contribution is -1.98. The summed E-state index contributed by atoms with van der Waals surface area (Å²) in [4.78, 5) is 10.9. The molecule has 0 aliphatic rings. The number of hydrogen-bond acceptors (Lipinski definition) is 3. The van der Waals surface area contributed by atoms with Gasteiger partial charge in [0.05, 0.1) is 7.11 Å². The number of rotatable bonds is 1. The molecule has 2 aromatic rings. The van der Waals surface area contributed by atoms with Crippen molar-refractivity contribution >= 4 is 16.7 Å². The van der Waals surface area contributed by atoms with Crippen LogP contribution in [0.25, 0.3) is 10.8 Å². The van der Waals surface area contributed by atoms with Gasteiger partial charge in [0.25, 0.3) is 0 Å². The third-order valence-corrected chi connectivity index (χ3v) is 2.59. The SMILES string of the molecule is COC(=O)C#CC(O)c1ccc2ccccc2c1. The molecule has 2 aromatic carbocycles. The number of fused-ring (bicyclic) bond motifs is 1. The van der Waals surface area contributed by atoms with Crippen LogP contribution in [0, 0.1) is 11.8 Å². The van der Waals surface area contributed by atoms with E-state index in [1.807, 2.05) is 36.4 Å². The monoisotopic (exact) mass is 240 g/mol. The number of esters is 1. The van der Waals surface area contributed by atoms with Crippen LogP contribution in [-0.4, -0.2) is 18.2 Å². The van der Waals surface area contributed by atoms with Gasteiger partial charge in [-0.3, -0.25) is 0 Å². The molecule has 0 amide bonds. The van der Waals surface area contributed by atoms with E-state index in [9.17, 15) is 9.90 Å². The van der Waals surface area contributed by atoms with Gasteiger partial charge in [-0.05, 0) is 22.4 Å². The fourth-order valence-corrected chi connectivity index (χ4v) is 1.64. The normalized spacial score (nSPS) is 11.4. The topological polar surface area (TPSA) is 46.5 Å². The molecule has 0 bridgehead atoms. The van der Waals surface area contributed by atoms with Crippen LogP contribution < -0.4 is 0 Å². The molecule has 0 heterocycles. The van der Waals surface area contributed by atoms with Crippen molar-refractivity contribution < 1.29 is 14.6 Å². The third-order valence-electron chi connectivity index (χ3n) is 2.59. The van der Waals surface area contributed by atoms with E-state index in [0.717, 1.165) is 10.8 Å². The molecule has 2 rings (SSSR count). The summed E-state index contributed by atoms with van der Waals surface area (Å²) >= 11 is 0. The molecule has 0 radical (unpaired) electrons. The zero-order valence-corrected chi connectivity index (χ0v) is 9.88. The maximum absolute atomic E-state index is 10.9. The summed E-state index contributed by atoms with van der Waals surface area (Å²) in [6, 6.07) is 13.4. The van der Waals surface area contributed by atoms with Crippen LogP contribution in [0.3, 0.4) is 0 Å². The summed E-state index contributed by atoms with van der Waals surface area (Å²) < 4.78 is 4.38. The molecule has 0 aromatic heterocycles. The van der Waals surface area contributed by atoms with Gasteiger partial charge in [0.2, 0.25) is 0 Å². The van der Waals surface area contributed by atoms with Crippen molar-refractivity contribution in [2.75, 3.05) is 7.11 Å². The van der Waals surface area contributed by atoms with Gasteiger partial charge in [-0.2, -0.15) is 0 Å². The van der Waals surface area contributed by atoms with Gasteiger partial charge >= 0.3 is 5.97 Å². The van der Waals surface area contributed by atoms with E-state index >= 15 is 0 Å². The summed E-state index contributed by atoms with van der Waals surface area (Å²) in [5.74, 6) is 4.01. The molecule has 18 heavy (non-hydrogen) atoms. The van der Waals surface area contributed by atoms with Gasteiger partial charge in [0.1, 0.15) is 6.10 Å². The first-order chi connectivity index (χ1) is 8.70. The summed E-state index contributed by atoms with van der Waals surface area (Å²) in [6.07, 6.45) is -0.992. The van der Waals surface area contributed by atoms with Crippen molar-refractivity contribution in [2.24, 2.45) is 0 Å². The highest BCUT2D eigenvalue weighted by atomic mass is 16.5. The number of aliphatic hydroxyl groups is 1. The molecule has 0 saturated heterocycles. The number of carbonyl (C=O) groups excluding carboxylic acids is 1. The summed E-state index contributed by atoms with van der Waals surface area (Å²) in [5, 5.41) is 12.0. The van der Waals surface area contributed by atoms with Crippen LogP contribution >= 0.6 is 0 Å². The Hall–Kier alpha value is -2.31. The van der Waals surface area contributed by atoms with Gasteiger partial charge in [-0.15, -0.1) is 0 Å². The highest BCUT2D eigenvalue weighted by molar-refractivity contribution is 5.88. The average Bonchev–Trinajstić information content (AvgIpc) is 2.43. The zero-order valence-electron chi connectivity index (χ0n) is 9.88. The van der Waals surface area contributed by atoms with Gasteiger partial charge < -0.3 is 9.84 Å². The highest BCUT2D eigenvalue weighted by Crippen LogP contribution is 2.19. The fraction of sp³-hybridized carbons (Fsp3) is 0.133. The van der Waals surface area contributed by atoms with E-state index in [2.05, 4.69) is 16.6 Å². The van der Waals surface area contributed by atoms with Gasteiger partial charge in [-0.1, -0.05) is 42.3 Å². The van der Waals surface area contributed by atoms with E-state index < -0.39 is 12.1 Å². The van der Waals surface area contributed by atoms with E-state index in [-0.39, 0.29) is 0 Å². The van der Waals surface area contributed by atoms with Gasteiger partial charge in [0, 0.05) is 5.92 Å². The number of benzene rings is 2. The van der Waals surface area contributed by atoms with Crippen molar-refractivity contribution in [2.45, 2.75) is 6.10 Å². The lowest BCUT2D eigenvalue weighted by molar-refractivity contribution is -0.133. The molecule has 1 atom stereocenters. The number of hydrogen-bond donors (Lipinski definition) is 1. The molecule has 0 aliphatic heterocycles. The summed E-state index contributed by atoms with van der Waals surface area (Å²) in [5.41, 5.74) is 0.658. The molecule has 1 unspecified atom stereocenters. The second kappa shape index (κ2) is 5.35. The largest absolute Gasteiger partial charge is 0.459 e. The minimum Gasteiger partial charge on any atom is -0.459 e. The van der Waals surface area contributed by atoms with E-state index in [1.165, 1.54) is 7.11 Å². The fourth-order valence-electron chi connectivity index (χ4n) is 1.64. The molecule has 0 saturated carbocycles. The molecule has 0 aliphatic carbocycles. The van der Waals surface area contributed by atoms with Crippen LogP contribution in [0.5, 0.6) is 0 Å². The molecule has 0 spiro atoms. The first kappa shape index (κ1) is 12.2. The van der Waals surface area contributed by atoms with Gasteiger partial charge in [0.15, 0.2) is 0 Å². The van der Waals surface area contributed by atoms with Crippen LogP contribution in [0.4, 0.5) is 0 Å². The molecule has 90 valence electrons. The molecule has 3 nitrogen and oxygen atoms in total. The maximum atomic E-state index is 10.9. The highest BCUT2D eigenvalue weighted by Gasteiger charge is 2.05. The average molecular weight is 240 g/mol. The Kier molecular flexibility index (Phi) is 3.61. The smallest absolute Gasteiger partial charge is 0.384 e. The third kappa shape index (κ3) is 2.68. The number of carbonyl (C=O) groups is 1. The maximum Gasteiger partial charge on any atom is 0.384 e. The van der Waals surface area contributed by atoms with Crippen LogP contribution in [0.2, 0.25) is 0 Å². The first-order valence-corrected chi connectivity index (χ1v) is 5.47. The lowest BCUT2D eigenvalue weighted by atomic mass is 10.0. The Morgan fingerprint density at radius 1 is 1.22 bits per heavy atom. The Morgan fingerprint density at radius 2 is 1.94 bits per heavy atom. The van der Waals surface area contributed by atoms with Crippen molar-refractivity contribution in [3.63, 3.8) is 0 Å². The molecule has 0 fully saturated rings. The Balaban J connectivity index is 2.30. The molecular formula is C15H12O3. The first-order valence-electron chi connectivity index (χ1n) is 5.47. The van der Waals surface area contributed by atoms with Crippen molar-refractivity contribution in [1.82, 2.24) is 0 Å².